The van der Waals surface area contributed by atoms with Crippen molar-refractivity contribution in [2.24, 2.45) is 0 Å². The van der Waals surface area contributed by atoms with Crippen molar-refractivity contribution in [2.45, 2.75) is 4.90 Å². The van der Waals surface area contributed by atoms with Crippen molar-refractivity contribution < 1.29 is 23.1 Å². The molecule has 3 aromatic carbocycles. The Morgan fingerprint density at radius 1 is 0.926 bits per heavy atom. The molecule has 0 fully saturated rings. The molecule has 0 aliphatic heterocycles. The van der Waals surface area contributed by atoms with Crippen molar-refractivity contribution in [1.29, 1.82) is 0 Å². The van der Waals surface area contributed by atoms with Crippen molar-refractivity contribution in [1.82, 2.24) is 0 Å². The van der Waals surface area contributed by atoms with Crippen molar-refractivity contribution in [3.8, 4) is 16.9 Å². The van der Waals surface area contributed by atoms with Gasteiger partial charge in [-0.15, -0.1) is 0 Å². The number of hydrogen-bond donors (Lipinski definition) is 2. The third-order valence-corrected chi connectivity index (χ3v) is 5.35. The minimum atomic E-state index is -3.86. The van der Waals surface area contributed by atoms with Gasteiger partial charge in [0.15, 0.2) is 0 Å². The van der Waals surface area contributed by atoms with E-state index >= 15 is 0 Å². The summed E-state index contributed by atoms with van der Waals surface area (Å²) in [7, 11) is -2.51. The van der Waals surface area contributed by atoms with Crippen molar-refractivity contribution in [3.05, 3.63) is 78.4 Å². The maximum atomic E-state index is 12.7. The first-order chi connectivity index (χ1) is 12.9. The van der Waals surface area contributed by atoms with E-state index in [2.05, 4.69) is 4.72 Å². The summed E-state index contributed by atoms with van der Waals surface area (Å²) >= 11 is 0. The van der Waals surface area contributed by atoms with Gasteiger partial charge in [-0.25, -0.2) is 13.2 Å². The minimum absolute atomic E-state index is 0.00186. The molecule has 0 amide bonds. The van der Waals surface area contributed by atoms with Crippen LogP contribution < -0.4 is 9.46 Å². The van der Waals surface area contributed by atoms with Gasteiger partial charge in [0.2, 0.25) is 0 Å². The van der Waals surface area contributed by atoms with Crippen LogP contribution in [0.4, 0.5) is 5.69 Å². The smallest absolute Gasteiger partial charge is 0.335 e. The number of benzene rings is 3. The van der Waals surface area contributed by atoms with Crippen LogP contribution in [0.5, 0.6) is 5.75 Å². The molecule has 0 spiro atoms. The molecule has 0 atom stereocenters. The molecule has 0 aromatic heterocycles. The van der Waals surface area contributed by atoms with Gasteiger partial charge in [-0.3, -0.25) is 4.72 Å². The number of ether oxygens (including phenoxy) is 1. The van der Waals surface area contributed by atoms with Gasteiger partial charge in [0.1, 0.15) is 5.75 Å². The first-order valence-electron chi connectivity index (χ1n) is 8.00. The average Bonchev–Trinajstić information content (AvgIpc) is 2.68. The van der Waals surface area contributed by atoms with Gasteiger partial charge < -0.3 is 9.84 Å². The molecule has 0 aliphatic carbocycles. The lowest BCUT2D eigenvalue weighted by Crippen LogP contribution is -2.14. The third-order valence-electron chi connectivity index (χ3n) is 3.96. The van der Waals surface area contributed by atoms with Crippen LogP contribution in [0.3, 0.4) is 0 Å². The molecule has 27 heavy (non-hydrogen) atoms. The van der Waals surface area contributed by atoms with Gasteiger partial charge in [-0.05, 0) is 41.5 Å². The van der Waals surface area contributed by atoms with E-state index in [0.29, 0.717) is 0 Å². The Hall–Kier alpha value is -3.32. The first kappa shape index (κ1) is 18.5. The standard InChI is InChI=1S/C20H17NO5S/c1-26-19-13-16(20(22)23)9-12-18(19)21-27(24,25)17-10-7-15(8-11-17)14-5-3-2-4-6-14/h2-13,21H,1H3,(H,22,23). The van der Waals surface area contributed by atoms with Crippen molar-refractivity contribution >= 4 is 21.7 Å². The SMILES string of the molecule is COc1cc(C(=O)O)ccc1NS(=O)(=O)c1ccc(-c2ccccc2)cc1. The van der Waals surface area contributed by atoms with E-state index in [1.165, 1.54) is 37.4 Å². The quantitative estimate of drug-likeness (QED) is 0.674. The molecule has 0 heterocycles. The molecular formula is C20H17NO5S. The van der Waals surface area contributed by atoms with Crippen LogP contribution >= 0.6 is 0 Å². The highest BCUT2D eigenvalue weighted by Gasteiger charge is 2.18. The zero-order valence-corrected chi connectivity index (χ0v) is 15.2. The van der Waals surface area contributed by atoms with Crippen molar-refractivity contribution in [3.63, 3.8) is 0 Å². The fourth-order valence-electron chi connectivity index (χ4n) is 2.57. The van der Waals surface area contributed by atoms with E-state index in [1.807, 2.05) is 30.3 Å². The summed E-state index contributed by atoms with van der Waals surface area (Å²) in [4.78, 5) is 11.1. The number of anilines is 1. The molecule has 3 rings (SSSR count). The molecule has 0 bridgehead atoms. The molecule has 0 aliphatic rings. The molecule has 138 valence electrons. The molecular weight excluding hydrogens is 366 g/mol. The molecule has 0 saturated carbocycles. The predicted octanol–water partition coefficient (Wildman–Crippen LogP) is 3.86. The van der Waals surface area contributed by atoms with Crippen LogP contribution in [0.25, 0.3) is 11.1 Å². The number of carbonyl (C=O) groups is 1. The Labute approximate surface area is 157 Å². The lowest BCUT2D eigenvalue weighted by Gasteiger charge is -2.13. The summed E-state index contributed by atoms with van der Waals surface area (Å²) in [5, 5.41) is 9.03. The molecule has 0 unspecified atom stereocenters. The van der Waals surface area contributed by atoms with Crippen LogP contribution in [0.1, 0.15) is 10.4 Å². The zero-order valence-electron chi connectivity index (χ0n) is 14.4. The molecule has 2 N–H and O–H groups in total. The van der Waals surface area contributed by atoms with Crippen LogP contribution in [0.15, 0.2) is 77.7 Å². The number of aromatic carboxylic acids is 1. The van der Waals surface area contributed by atoms with Crippen LogP contribution in [-0.4, -0.2) is 26.6 Å². The third kappa shape index (κ3) is 4.09. The first-order valence-corrected chi connectivity index (χ1v) is 9.48. The molecule has 7 heteroatoms. The molecule has 6 nitrogen and oxygen atoms in total. The molecule has 0 radical (unpaired) electrons. The number of nitrogens with one attached hydrogen (secondary N) is 1. The molecule has 0 saturated heterocycles. The summed E-state index contributed by atoms with van der Waals surface area (Å²) in [6.07, 6.45) is 0. The Morgan fingerprint density at radius 2 is 1.56 bits per heavy atom. The largest absolute Gasteiger partial charge is 0.495 e. The molecule has 3 aromatic rings. The van der Waals surface area contributed by atoms with Gasteiger partial charge in [-0.1, -0.05) is 42.5 Å². The number of sulfonamides is 1. The number of carboxylic acids is 1. The van der Waals surface area contributed by atoms with Gasteiger partial charge >= 0.3 is 5.97 Å². The highest BCUT2D eigenvalue weighted by Crippen LogP contribution is 2.29. The summed E-state index contributed by atoms with van der Waals surface area (Å²) in [5.74, 6) is -1.00. The van der Waals surface area contributed by atoms with E-state index in [1.54, 1.807) is 12.1 Å². The van der Waals surface area contributed by atoms with Gasteiger partial charge in [0.25, 0.3) is 10.0 Å². The topological polar surface area (TPSA) is 92.7 Å². The lowest BCUT2D eigenvalue weighted by atomic mass is 10.1. The van der Waals surface area contributed by atoms with Gasteiger partial charge in [-0.2, -0.15) is 0 Å². The monoisotopic (exact) mass is 383 g/mol. The maximum absolute atomic E-state index is 12.7. The predicted molar refractivity (Wildman–Crippen MR) is 103 cm³/mol. The Morgan fingerprint density at radius 3 is 2.15 bits per heavy atom. The number of methoxy groups -OCH3 is 1. The highest BCUT2D eigenvalue weighted by atomic mass is 32.2. The van der Waals surface area contributed by atoms with E-state index < -0.39 is 16.0 Å². The number of rotatable bonds is 6. The van der Waals surface area contributed by atoms with Crippen LogP contribution in [0.2, 0.25) is 0 Å². The summed E-state index contributed by atoms with van der Waals surface area (Å²) in [5.41, 5.74) is 2.05. The Bertz CT molecular complexity index is 1060. The van der Waals surface area contributed by atoms with Crippen molar-refractivity contribution in [2.75, 3.05) is 11.8 Å². The minimum Gasteiger partial charge on any atom is -0.495 e. The van der Waals surface area contributed by atoms with E-state index in [0.717, 1.165) is 11.1 Å². The van der Waals surface area contributed by atoms with Gasteiger partial charge in [0, 0.05) is 0 Å². The number of hydrogen-bond acceptors (Lipinski definition) is 4. The van der Waals surface area contributed by atoms with E-state index in [9.17, 15) is 13.2 Å². The highest BCUT2D eigenvalue weighted by molar-refractivity contribution is 7.92. The fourth-order valence-corrected chi connectivity index (χ4v) is 3.64. The second-order valence-corrected chi connectivity index (χ2v) is 7.40. The van der Waals surface area contributed by atoms with Gasteiger partial charge in [0.05, 0.1) is 23.3 Å². The summed E-state index contributed by atoms with van der Waals surface area (Å²) in [6, 6.07) is 20.0. The maximum Gasteiger partial charge on any atom is 0.335 e. The Balaban J connectivity index is 1.88. The summed E-state index contributed by atoms with van der Waals surface area (Å²) < 4.78 is 32.8. The zero-order chi connectivity index (χ0) is 19.4. The Kier molecular flexibility index (Phi) is 5.14. The lowest BCUT2D eigenvalue weighted by molar-refractivity contribution is 0.0696. The number of carboxylic acid groups (broad SMARTS) is 1. The normalized spacial score (nSPS) is 11.0. The summed E-state index contributed by atoms with van der Waals surface area (Å²) in [6.45, 7) is 0. The average molecular weight is 383 g/mol. The second-order valence-electron chi connectivity index (χ2n) is 5.72. The van der Waals surface area contributed by atoms with E-state index in [4.69, 9.17) is 9.84 Å². The fraction of sp³-hybridized carbons (Fsp3) is 0.0500. The van der Waals surface area contributed by atoms with Crippen LogP contribution in [-0.2, 0) is 10.0 Å². The van der Waals surface area contributed by atoms with E-state index in [-0.39, 0.29) is 21.9 Å². The van der Waals surface area contributed by atoms with Crippen LogP contribution in [0, 0.1) is 0 Å². The second kappa shape index (κ2) is 7.51.